The van der Waals surface area contributed by atoms with Gasteiger partial charge in [0, 0.05) is 36.6 Å². The molecule has 0 aliphatic heterocycles. The average Bonchev–Trinajstić information content (AvgIpc) is 3.19. The first-order valence-electron chi connectivity index (χ1n) is 10.3. The Morgan fingerprint density at radius 1 is 1.29 bits per heavy atom. The summed E-state index contributed by atoms with van der Waals surface area (Å²) in [4.78, 5) is 12.9. The number of carbonyl (C=O) groups excluding carboxylic acids is 1. The van der Waals surface area contributed by atoms with Crippen molar-refractivity contribution >= 4 is 5.91 Å². The zero-order chi connectivity index (χ0) is 20.4. The fourth-order valence-electron chi connectivity index (χ4n) is 4.26. The van der Waals surface area contributed by atoms with Crippen molar-refractivity contribution in [3.05, 3.63) is 23.8 Å². The van der Waals surface area contributed by atoms with Gasteiger partial charge in [0.25, 0.3) is 0 Å². The van der Waals surface area contributed by atoms with Crippen LogP contribution < -0.4 is 20.5 Å². The number of ether oxygens (including phenoxy) is 3. The summed E-state index contributed by atoms with van der Waals surface area (Å²) in [7, 11) is 1.64. The van der Waals surface area contributed by atoms with E-state index in [9.17, 15) is 4.79 Å². The lowest BCUT2D eigenvalue weighted by Crippen LogP contribution is -2.75. The minimum atomic E-state index is -0.925. The van der Waals surface area contributed by atoms with Crippen LogP contribution in [-0.4, -0.2) is 37.4 Å². The largest absolute Gasteiger partial charge is 0.497 e. The van der Waals surface area contributed by atoms with Crippen molar-refractivity contribution in [2.24, 2.45) is 11.1 Å². The van der Waals surface area contributed by atoms with Gasteiger partial charge in [0.1, 0.15) is 17.0 Å². The summed E-state index contributed by atoms with van der Waals surface area (Å²) in [5.74, 6) is 1.38. The molecule has 0 radical (unpaired) electrons. The molecule has 6 nitrogen and oxygen atoms in total. The Kier molecular flexibility index (Phi) is 6.20. The third-order valence-corrected chi connectivity index (χ3v) is 6.54. The number of methoxy groups -OCH3 is 1. The van der Waals surface area contributed by atoms with Crippen molar-refractivity contribution in [2.75, 3.05) is 13.7 Å². The minimum Gasteiger partial charge on any atom is -0.497 e. The van der Waals surface area contributed by atoms with E-state index >= 15 is 0 Å². The van der Waals surface area contributed by atoms with Gasteiger partial charge in [-0.3, -0.25) is 4.79 Å². The number of rotatable bonds is 8. The molecule has 2 atom stereocenters. The number of hydrogen-bond acceptors (Lipinski definition) is 5. The van der Waals surface area contributed by atoms with Crippen molar-refractivity contribution in [3.63, 3.8) is 0 Å². The number of nitrogens with one attached hydrogen (secondary N) is 1. The van der Waals surface area contributed by atoms with Crippen LogP contribution >= 0.6 is 0 Å². The van der Waals surface area contributed by atoms with Gasteiger partial charge < -0.3 is 25.3 Å². The van der Waals surface area contributed by atoms with Crippen LogP contribution in [0.4, 0.5) is 0 Å². The summed E-state index contributed by atoms with van der Waals surface area (Å²) in [5.41, 5.74) is 6.08. The highest BCUT2D eigenvalue weighted by molar-refractivity contribution is 5.88. The van der Waals surface area contributed by atoms with Gasteiger partial charge in [-0.1, -0.05) is 13.8 Å². The lowest BCUT2D eigenvalue weighted by Gasteiger charge is -2.57. The molecule has 0 aromatic heterocycles. The second-order valence-corrected chi connectivity index (χ2v) is 8.52. The molecule has 0 spiro atoms. The van der Waals surface area contributed by atoms with Gasteiger partial charge in [-0.15, -0.1) is 0 Å². The quantitative estimate of drug-likeness (QED) is 0.712. The fourth-order valence-corrected chi connectivity index (χ4v) is 4.26. The number of benzene rings is 1. The molecule has 3 rings (SSSR count). The van der Waals surface area contributed by atoms with Gasteiger partial charge in [-0.25, -0.2) is 0 Å². The van der Waals surface area contributed by atoms with Gasteiger partial charge in [0.15, 0.2) is 0 Å². The van der Waals surface area contributed by atoms with Gasteiger partial charge in [-0.05, 0) is 44.7 Å². The lowest BCUT2D eigenvalue weighted by molar-refractivity contribution is -0.170. The van der Waals surface area contributed by atoms with Gasteiger partial charge in [0.05, 0.1) is 19.3 Å². The van der Waals surface area contributed by atoms with Crippen LogP contribution in [0.5, 0.6) is 11.5 Å². The van der Waals surface area contributed by atoms with Crippen LogP contribution in [0.2, 0.25) is 0 Å². The molecule has 6 heteroatoms. The third-order valence-electron chi connectivity index (χ3n) is 6.54. The van der Waals surface area contributed by atoms with E-state index in [1.807, 2.05) is 39.0 Å². The molecule has 2 saturated carbocycles. The van der Waals surface area contributed by atoms with Crippen molar-refractivity contribution < 1.29 is 19.0 Å². The summed E-state index contributed by atoms with van der Waals surface area (Å²) in [5, 5.41) is 3.02. The van der Waals surface area contributed by atoms with E-state index in [4.69, 9.17) is 19.9 Å². The topological polar surface area (TPSA) is 82.8 Å². The zero-order valence-electron chi connectivity index (χ0n) is 17.5. The molecule has 156 valence electrons. The summed E-state index contributed by atoms with van der Waals surface area (Å²) in [6.45, 7) is 6.96. The Morgan fingerprint density at radius 3 is 2.61 bits per heavy atom. The Hall–Kier alpha value is -1.79. The van der Waals surface area contributed by atoms with Gasteiger partial charge in [0.2, 0.25) is 5.91 Å². The van der Waals surface area contributed by atoms with Crippen LogP contribution in [0, 0.1) is 5.41 Å². The minimum absolute atomic E-state index is 0.00972. The van der Waals surface area contributed by atoms with Gasteiger partial charge in [-0.2, -0.15) is 0 Å². The molecule has 1 aromatic rings. The molecule has 0 bridgehead atoms. The normalized spacial score (nSPS) is 26.5. The first kappa shape index (κ1) is 20.9. The molecule has 0 saturated heterocycles. The van der Waals surface area contributed by atoms with Crippen LogP contribution in [0.1, 0.15) is 58.4 Å². The summed E-state index contributed by atoms with van der Waals surface area (Å²) in [6, 6.07) is 5.73. The lowest BCUT2D eigenvalue weighted by atomic mass is 9.54. The Labute approximate surface area is 168 Å². The molecule has 2 fully saturated rings. The molecule has 2 unspecified atom stereocenters. The first-order valence-corrected chi connectivity index (χ1v) is 10.3. The zero-order valence-corrected chi connectivity index (χ0v) is 17.5. The number of nitrogens with two attached hydrogens (primary N) is 1. The van der Waals surface area contributed by atoms with Crippen LogP contribution in [-0.2, 0) is 16.1 Å². The molecule has 0 heterocycles. The molecule has 3 N–H and O–H groups in total. The van der Waals surface area contributed by atoms with Crippen molar-refractivity contribution in [1.29, 1.82) is 0 Å². The van der Waals surface area contributed by atoms with E-state index in [0.717, 1.165) is 29.9 Å². The molecule has 1 amide bonds. The fraction of sp³-hybridized carbons (Fsp3) is 0.682. The van der Waals surface area contributed by atoms with E-state index in [2.05, 4.69) is 5.32 Å². The number of amides is 1. The van der Waals surface area contributed by atoms with Crippen LogP contribution in [0.3, 0.4) is 0 Å². The number of hydrogen-bond donors (Lipinski definition) is 2. The van der Waals surface area contributed by atoms with E-state index in [1.54, 1.807) is 7.11 Å². The predicted octanol–water partition coefficient (Wildman–Crippen LogP) is 3.17. The monoisotopic (exact) mass is 390 g/mol. The second-order valence-electron chi connectivity index (χ2n) is 8.52. The van der Waals surface area contributed by atoms with Gasteiger partial charge >= 0.3 is 0 Å². The van der Waals surface area contributed by atoms with E-state index in [1.165, 1.54) is 12.8 Å². The molecule has 28 heavy (non-hydrogen) atoms. The summed E-state index contributed by atoms with van der Waals surface area (Å²) in [6.07, 6.45) is 5.33. The smallest absolute Gasteiger partial charge is 0.241 e. The summed E-state index contributed by atoms with van der Waals surface area (Å²) < 4.78 is 17.3. The summed E-state index contributed by atoms with van der Waals surface area (Å²) >= 11 is 0. The van der Waals surface area contributed by atoms with Crippen molar-refractivity contribution in [1.82, 2.24) is 5.32 Å². The SMILES string of the molecule is CCOC1CC(N)(C(=O)NCc2ccc(OC)cc2OC2CCCC2)C1(C)C. The maximum atomic E-state index is 12.9. The number of carbonyl (C=O) groups is 1. The average molecular weight is 391 g/mol. The standard InChI is InChI=1S/C22H34N2O4/c1-5-27-19-13-22(23,21(19,2)3)20(25)24-14-15-10-11-17(26-4)12-18(15)28-16-8-6-7-9-16/h10-12,16,19H,5-9,13-14,23H2,1-4H3,(H,24,25). The highest BCUT2D eigenvalue weighted by Crippen LogP contribution is 2.49. The van der Waals surface area contributed by atoms with Crippen LogP contribution in [0.25, 0.3) is 0 Å². The Balaban J connectivity index is 1.67. The maximum Gasteiger partial charge on any atom is 0.241 e. The molecule has 2 aliphatic carbocycles. The Morgan fingerprint density at radius 2 is 2.00 bits per heavy atom. The Bertz CT molecular complexity index is 700. The highest BCUT2D eigenvalue weighted by Gasteiger charge is 2.62. The first-order chi connectivity index (χ1) is 13.3. The predicted molar refractivity (Wildman–Crippen MR) is 108 cm³/mol. The highest BCUT2D eigenvalue weighted by atomic mass is 16.5. The molecule has 1 aromatic carbocycles. The molecular weight excluding hydrogens is 356 g/mol. The molecule has 2 aliphatic rings. The maximum absolute atomic E-state index is 12.9. The van der Waals surface area contributed by atoms with Crippen molar-refractivity contribution in [3.8, 4) is 11.5 Å². The van der Waals surface area contributed by atoms with E-state index in [0.29, 0.717) is 19.6 Å². The van der Waals surface area contributed by atoms with E-state index in [-0.39, 0.29) is 18.1 Å². The molecular formula is C22H34N2O4. The second kappa shape index (κ2) is 8.29. The third kappa shape index (κ3) is 3.85. The van der Waals surface area contributed by atoms with Crippen LogP contribution in [0.15, 0.2) is 18.2 Å². The van der Waals surface area contributed by atoms with Crippen molar-refractivity contribution in [2.45, 2.75) is 77.2 Å². The van der Waals surface area contributed by atoms with E-state index < -0.39 is 11.0 Å².